The Morgan fingerprint density at radius 3 is 2.73 bits per heavy atom. The van der Waals surface area contributed by atoms with Crippen LogP contribution in [0.2, 0.25) is 0 Å². The zero-order chi connectivity index (χ0) is 15.4. The molecule has 2 aromatic rings. The Balaban J connectivity index is 1.62. The minimum absolute atomic E-state index is 0.0349. The number of likely N-dealkylation sites (tertiary alicyclic amines) is 1. The topological polar surface area (TPSA) is 49.4 Å². The molecule has 1 fully saturated rings. The molecule has 1 aliphatic heterocycles. The van der Waals surface area contributed by atoms with E-state index >= 15 is 0 Å². The van der Waals surface area contributed by atoms with Gasteiger partial charge in [-0.3, -0.25) is 9.59 Å². The van der Waals surface area contributed by atoms with Crippen molar-refractivity contribution in [1.82, 2.24) is 10.2 Å². The second kappa shape index (κ2) is 6.75. The van der Waals surface area contributed by atoms with E-state index in [0.717, 1.165) is 18.4 Å². The average Bonchev–Trinajstić information content (AvgIpc) is 3.24. The zero-order valence-corrected chi connectivity index (χ0v) is 13.0. The van der Waals surface area contributed by atoms with Crippen LogP contribution in [0.3, 0.4) is 0 Å². The zero-order valence-electron chi connectivity index (χ0n) is 12.2. The highest BCUT2D eigenvalue weighted by molar-refractivity contribution is 7.12. The van der Waals surface area contributed by atoms with Crippen LogP contribution in [-0.2, 0) is 11.3 Å². The van der Waals surface area contributed by atoms with Gasteiger partial charge in [-0.05, 0) is 29.9 Å². The van der Waals surface area contributed by atoms with Crippen molar-refractivity contribution in [2.45, 2.75) is 25.4 Å². The molecule has 1 saturated heterocycles. The third-order valence-electron chi connectivity index (χ3n) is 3.86. The van der Waals surface area contributed by atoms with Crippen molar-refractivity contribution in [3.8, 4) is 0 Å². The summed E-state index contributed by atoms with van der Waals surface area (Å²) < 4.78 is 0. The molecule has 1 aromatic carbocycles. The second-order valence-corrected chi connectivity index (χ2v) is 6.28. The number of benzene rings is 1. The summed E-state index contributed by atoms with van der Waals surface area (Å²) in [7, 11) is 0. The molecule has 4 nitrogen and oxygen atoms in total. The van der Waals surface area contributed by atoms with E-state index in [1.807, 2.05) is 47.8 Å². The number of carbonyl (C=O) groups excluding carboxylic acids is 2. The molecule has 1 aromatic heterocycles. The highest BCUT2D eigenvalue weighted by Crippen LogP contribution is 2.22. The highest BCUT2D eigenvalue weighted by Gasteiger charge is 2.34. The predicted molar refractivity (Wildman–Crippen MR) is 86.7 cm³/mol. The summed E-state index contributed by atoms with van der Waals surface area (Å²) >= 11 is 1.42. The van der Waals surface area contributed by atoms with Crippen LogP contribution >= 0.6 is 11.3 Å². The Morgan fingerprint density at radius 1 is 1.18 bits per heavy atom. The summed E-state index contributed by atoms with van der Waals surface area (Å²) in [6.45, 7) is 1.15. The van der Waals surface area contributed by atoms with Crippen LogP contribution in [0.25, 0.3) is 0 Å². The first kappa shape index (κ1) is 14.8. The van der Waals surface area contributed by atoms with Crippen LogP contribution in [0.4, 0.5) is 0 Å². The van der Waals surface area contributed by atoms with Crippen molar-refractivity contribution < 1.29 is 9.59 Å². The van der Waals surface area contributed by atoms with Gasteiger partial charge in [0.1, 0.15) is 6.04 Å². The fraction of sp³-hybridized carbons (Fsp3) is 0.294. The standard InChI is InChI=1S/C17H18N2O2S/c20-16(18-12-13-6-2-1-3-7-13)14-8-4-10-19(14)17(21)15-9-5-11-22-15/h1-3,5-7,9,11,14H,4,8,10,12H2,(H,18,20)/t14-/m0/s1. The maximum Gasteiger partial charge on any atom is 0.264 e. The molecule has 2 heterocycles. The van der Waals surface area contributed by atoms with E-state index in [1.54, 1.807) is 4.90 Å². The van der Waals surface area contributed by atoms with Gasteiger partial charge < -0.3 is 10.2 Å². The Hall–Kier alpha value is -2.14. The van der Waals surface area contributed by atoms with E-state index in [-0.39, 0.29) is 17.9 Å². The Kier molecular flexibility index (Phi) is 4.53. The molecular weight excluding hydrogens is 296 g/mol. The first-order valence-electron chi connectivity index (χ1n) is 7.42. The van der Waals surface area contributed by atoms with Gasteiger partial charge >= 0.3 is 0 Å². The molecule has 22 heavy (non-hydrogen) atoms. The number of amides is 2. The summed E-state index contributed by atoms with van der Waals surface area (Å²) in [5, 5.41) is 4.82. The lowest BCUT2D eigenvalue weighted by Crippen LogP contribution is -2.45. The minimum atomic E-state index is -0.349. The van der Waals surface area contributed by atoms with Crippen molar-refractivity contribution >= 4 is 23.2 Å². The van der Waals surface area contributed by atoms with E-state index in [1.165, 1.54) is 11.3 Å². The summed E-state index contributed by atoms with van der Waals surface area (Å²) in [5.74, 6) is -0.0985. The van der Waals surface area contributed by atoms with Crippen molar-refractivity contribution in [1.29, 1.82) is 0 Å². The molecule has 0 bridgehead atoms. The molecule has 114 valence electrons. The Labute approximate surface area is 133 Å². The smallest absolute Gasteiger partial charge is 0.264 e. The predicted octanol–water partition coefficient (Wildman–Crippen LogP) is 2.67. The molecule has 0 spiro atoms. The Bertz CT molecular complexity index is 640. The number of thiophene rings is 1. The molecule has 3 rings (SSSR count). The van der Waals surface area contributed by atoms with Crippen LogP contribution in [-0.4, -0.2) is 29.3 Å². The van der Waals surface area contributed by atoms with E-state index in [9.17, 15) is 9.59 Å². The first-order valence-corrected chi connectivity index (χ1v) is 8.30. The third kappa shape index (κ3) is 3.20. The van der Waals surface area contributed by atoms with E-state index in [2.05, 4.69) is 5.32 Å². The van der Waals surface area contributed by atoms with Gasteiger partial charge in [0.2, 0.25) is 5.91 Å². The normalized spacial score (nSPS) is 17.5. The summed E-state index contributed by atoms with van der Waals surface area (Å²) in [4.78, 5) is 27.3. The third-order valence-corrected chi connectivity index (χ3v) is 4.72. The number of nitrogens with one attached hydrogen (secondary N) is 1. The van der Waals surface area contributed by atoms with Crippen LogP contribution in [0.15, 0.2) is 47.8 Å². The lowest BCUT2D eigenvalue weighted by Gasteiger charge is -2.23. The van der Waals surface area contributed by atoms with Gasteiger partial charge in [-0.25, -0.2) is 0 Å². The maximum absolute atomic E-state index is 12.5. The number of rotatable bonds is 4. The van der Waals surface area contributed by atoms with Crippen molar-refractivity contribution in [2.75, 3.05) is 6.54 Å². The quantitative estimate of drug-likeness (QED) is 0.943. The molecule has 0 aliphatic carbocycles. The molecule has 2 amide bonds. The van der Waals surface area contributed by atoms with Crippen molar-refractivity contribution in [3.05, 3.63) is 58.3 Å². The van der Waals surface area contributed by atoms with E-state index in [4.69, 9.17) is 0 Å². The van der Waals surface area contributed by atoms with Gasteiger partial charge in [0.05, 0.1) is 4.88 Å². The second-order valence-electron chi connectivity index (χ2n) is 5.34. The molecule has 5 heteroatoms. The van der Waals surface area contributed by atoms with Gasteiger partial charge in [-0.15, -0.1) is 11.3 Å². The van der Waals surface area contributed by atoms with Crippen LogP contribution in [0.1, 0.15) is 28.1 Å². The molecule has 0 radical (unpaired) electrons. The van der Waals surface area contributed by atoms with Crippen LogP contribution < -0.4 is 5.32 Å². The summed E-state index contributed by atoms with van der Waals surface area (Å²) in [6, 6.07) is 13.1. The van der Waals surface area contributed by atoms with Crippen LogP contribution in [0, 0.1) is 0 Å². The van der Waals surface area contributed by atoms with E-state index in [0.29, 0.717) is 18.0 Å². The van der Waals surface area contributed by atoms with Gasteiger partial charge in [-0.2, -0.15) is 0 Å². The number of carbonyl (C=O) groups is 2. The van der Waals surface area contributed by atoms with Gasteiger partial charge in [-0.1, -0.05) is 36.4 Å². The molecule has 0 unspecified atom stereocenters. The first-order chi connectivity index (χ1) is 10.8. The van der Waals surface area contributed by atoms with Crippen LogP contribution in [0.5, 0.6) is 0 Å². The number of hydrogen-bond donors (Lipinski definition) is 1. The molecule has 1 aliphatic rings. The monoisotopic (exact) mass is 314 g/mol. The van der Waals surface area contributed by atoms with Gasteiger partial charge in [0.15, 0.2) is 0 Å². The van der Waals surface area contributed by atoms with Gasteiger partial charge in [0.25, 0.3) is 5.91 Å². The molecular formula is C17H18N2O2S. The minimum Gasteiger partial charge on any atom is -0.350 e. The average molecular weight is 314 g/mol. The van der Waals surface area contributed by atoms with Gasteiger partial charge in [0, 0.05) is 13.1 Å². The van der Waals surface area contributed by atoms with Crippen molar-refractivity contribution in [3.63, 3.8) is 0 Å². The Morgan fingerprint density at radius 2 is 2.00 bits per heavy atom. The molecule has 1 N–H and O–H groups in total. The number of hydrogen-bond acceptors (Lipinski definition) is 3. The van der Waals surface area contributed by atoms with E-state index < -0.39 is 0 Å². The lowest BCUT2D eigenvalue weighted by molar-refractivity contribution is -0.125. The number of nitrogens with zero attached hydrogens (tertiary/aromatic N) is 1. The lowest BCUT2D eigenvalue weighted by atomic mass is 10.2. The largest absolute Gasteiger partial charge is 0.350 e. The highest BCUT2D eigenvalue weighted by atomic mass is 32.1. The fourth-order valence-electron chi connectivity index (χ4n) is 2.73. The summed E-state index contributed by atoms with van der Waals surface area (Å²) in [6.07, 6.45) is 1.61. The maximum atomic E-state index is 12.5. The summed E-state index contributed by atoms with van der Waals surface area (Å²) in [5.41, 5.74) is 1.06. The molecule has 1 atom stereocenters. The van der Waals surface area contributed by atoms with Crippen molar-refractivity contribution in [2.24, 2.45) is 0 Å². The fourth-order valence-corrected chi connectivity index (χ4v) is 3.41. The SMILES string of the molecule is O=C(NCc1ccccc1)[C@@H]1CCCN1C(=O)c1cccs1. The molecule has 0 saturated carbocycles.